The summed E-state index contributed by atoms with van der Waals surface area (Å²) in [6.07, 6.45) is 0.423. The fourth-order valence-corrected chi connectivity index (χ4v) is 0.717. The van der Waals surface area contributed by atoms with Crippen LogP contribution in [0.1, 0.15) is 13.8 Å². The van der Waals surface area contributed by atoms with Gasteiger partial charge >= 0.3 is 0 Å². The largest absolute Gasteiger partial charge is 0.382 e. The summed E-state index contributed by atoms with van der Waals surface area (Å²) < 4.78 is 15.0. The van der Waals surface area contributed by atoms with Gasteiger partial charge in [0.25, 0.3) is 0 Å². The quantitative estimate of drug-likeness (QED) is 0.323. The van der Waals surface area contributed by atoms with Crippen LogP contribution in [-0.2, 0) is 19.0 Å². The van der Waals surface area contributed by atoms with E-state index in [4.69, 9.17) is 14.2 Å². The summed E-state index contributed by atoms with van der Waals surface area (Å²) in [5, 5.41) is 0. The van der Waals surface area contributed by atoms with Crippen LogP contribution in [0.4, 0.5) is 0 Å². The predicted molar refractivity (Wildman–Crippen MR) is 48.5 cm³/mol. The highest BCUT2D eigenvalue weighted by atomic mass is 16.7. The molecule has 0 rings (SSSR count). The Balaban J connectivity index is 3.33. The van der Waals surface area contributed by atoms with E-state index in [1.807, 2.05) is 13.8 Å². The van der Waals surface area contributed by atoms with Crippen LogP contribution in [0.2, 0.25) is 0 Å². The van der Waals surface area contributed by atoms with Gasteiger partial charge in [-0.2, -0.15) is 0 Å². The van der Waals surface area contributed by atoms with Crippen LogP contribution in [-0.4, -0.2) is 39.5 Å². The van der Waals surface area contributed by atoms with Crippen molar-refractivity contribution in [2.45, 2.75) is 20.0 Å². The first-order valence-electron chi connectivity index (χ1n) is 4.36. The van der Waals surface area contributed by atoms with Gasteiger partial charge in [-0.25, -0.2) is 0 Å². The van der Waals surface area contributed by atoms with E-state index in [1.54, 1.807) is 7.11 Å². The number of aldehydes is 1. The zero-order chi connectivity index (χ0) is 10.1. The molecule has 1 atom stereocenters. The Morgan fingerprint density at radius 1 is 1.31 bits per heavy atom. The maximum absolute atomic E-state index is 10.5. The summed E-state index contributed by atoms with van der Waals surface area (Å²) in [6, 6.07) is 0. The molecule has 0 bridgehead atoms. The van der Waals surface area contributed by atoms with E-state index < -0.39 is 0 Å². The van der Waals surface area contributed by atoms with E-state index in [9.17, 15) is 4.79 Å². The standard InChI is InChI=1S/C9H18O4/c1-8(2)9(6-10)13-7-12-5-4-11-3/h6,8-9H,4-5,7H2,1-3H3/t9-/m0/s1. The Kier molecular flexibility index (Phi) is 7.88. The first-order chi connectivity index (χ1) is 6.22. The molecule has 0 spiro atoms. The number of methoxy groups -OCH3 is 1. The van der Waals surface area contributed by atoms with Crippen molar-refractivity contribution in [3.05, 3.63) is 0 Å². The van der Waals surface area contributed by atoms with Gasteiger partial charge in [-0.1, -0.05) is 13.8 Å². The van der Waals surface area contributed by atoms with Crippen LogP contribution >= 0.6 is 0 Å². The minimum absolute atomic E-state index is 0.144. The second kappa shape index (κ2) is 8.16. The summed E-state index contributed by atoms with van der Waals surface area (Å²) in [6.45, 7) is 5.02. The summed E-state index contributed by atoms with van der Waals surface area (Å²) >= 11 is 0. The van der Waals surface area contributed by atoms with Gasteiger partial charge in [0, 0.05) is 7.11 Å². The number of hydrogen-bond acceptors (Lipinski definition) is 4. The van der Waals surface area contributed by atoms with Crippen molar-refractivity contribution in [3.63, 3.8) is 0 Å². The van der Waals surface area contributed by atoms with Gasteiger partial charge in [-0.05, 0) is 5.92 Å². The minimum atomic E-state index is -0.373. The molecule has 0 fully saturated rings. The van der Waals surface area contributed by atoms with Crippen molar-refractivity contribution in [3.8, 4) is 0 Å². The maximum atomic E-state index is 10.5. The topological polar surface area (TPSA) is 44.8 Å². The van der Waals surface area contributed by atoms with Crippen LogP contribution in [0.3, 0.4) is 0 Å². The molecule has 78 valence electrons. The van der Waals surface area contributed by atoms with Crippen molar-refractivity contribution in [1.82, 2.24) is 0 Å². The summed E-state index contributed by atoms with van der Waals surface area (Å²) in [5.74, 6) is 0.184. The zero-order valence-electron chi connectivity index (χ0n) is 8.49. The highest BCUT2D eigenvalue weighted by molar-refractivity contribution is 5.56. The fraction of sp³-hybridized carbons (Fsp3) is 0.889. The van der Waals surface area contributed by atoms with Gasteiger partial charge in [-0.15, -0.1) is 0 Å². The van der Waals surface area contributed by atoms with Crippen molar-refractivity contribution in [2.75, 3.05) is 27.1 Å². The van der Waals surface area contributed by atoms with Crippen molar-refractivity contribution < 1.29 is 19.0 Å². The Morgan fingerprint density at radius 2 is 2.00 bits per heavy atom. The SMILES string of the molecule is COCCOCO[C@@H](C=O)C(C)C. The summed E-state index contributed by atoms with van der Waals surface area (Å²) in [7, 11) is 1.60. The second-order valence-electron chi connectivity index (χ2n) is 3.03. The normalized spacial score (nSPS) is 13.2. The van der Waals surface area contributed by atoms with Crippen molar-refractivity contribution in [2.24, 2.45) is 5.92 Å². The van der Waals surface area contributed by atoms with Gasteiger partial charge in [0.1, 0.15) is 19.2 Å². The first kappa shape index (κ1) is 12.6. The number of carbonyl (C=O) groups is 1. The highest BCUT2D eigenvalue weighted by Gasteiger charge is 2.11. The fourth-order valence-electron chi connectivity index (χ4n) is 0.717. The molecule has 0 saturated carbocycles. The molecular formula is C9H18O4. The molecule has 0 N–H and O–H groups in total. The molecule has 0 aromatic carbocycles. The Hall–Kier alpha value is -0.450. The molecule has 4 nitrogen and oxygen atoms in total. The van der Waals surface area contributed by atoms with Crippen LogP contribution in [0.15, 0.2) is 0 Å². The lowest BCUT2D eigenvalue weighted by atomic mass is 10.1. The third kappa shape index (κ3) is 6.69. The van der Waals surface area contributed by atoms with Crippen LogP contribution in [0.25, 0.3) is 0 Å². The molecule has 0 aliphatic carbocycles. The number of hydrogen-bond donors (Lipinski definition) is 0. The maximum Gasteiger partial charge on any atom is 0.149 e. The van der Waals surface area contributed by atoms with E-state index >= 15 is 0 Å². The van der Waals surface area contributed by atoms with Gasteiger partial charge in [0.2, 0.25) is 0 Å². The average molecular weight is 190 g/mol. The lowest BCUT2D eigenvalue weighted by Crippen LogP contribution is -2.23. The van der Waals surface area contributed by atoms with Crippen molar-refractivity contribution in [1.29, 1.82) is 0 Å². The Labute approximate surface area is 79.2 Å². The molecule has 0 heterocycles. The third-order valence-corrected chi connectivity index (χ3v) is 1.57. The van der Waals surface area contributed by atoms with E-state index in [2.05, 4.69) is 0 Å². The van der Waals surface area contributed by atoms with Gasteiger partial charge in [-0.3, -0.25) is 0 Å². The van der Waals surface area contributed by atoms with Crippen molar-refractivity contribution >= 4 is 6.29 Å². The first-order valence-corrected chi connectivity index (χ1v) is 4.36. The average Bonchev–Trinajstić information content (AvgIpc) is 2.10. The number of rotatable bonds is 8. The van der Waals surface area contributed by atoms with Crippen LogP contribution in [0, 0.1) is 5.92 Å². The second-order valence-corrected chi connectivity index (χ2v) is 3.03. The molecular weight excluding hydrogens is 172 g/mol. The molecule has 4 heteroatoms. The molecule has 0 aromatic heterocycles. The van der Waals surface area contributed by atoms with E-state index in [0.717, 1.165) is 6.29 Å². The molecule has 0 amide bonds. The number of carbonyl (C=O) groups excluding carboxylic acids is 1. The molecule has 0 radical (unpaired) electrons. The van der Waals surface area contributed by atoms with E-state index in [1.165, 1.54) is 0 Å². The van der Waals surface area contributed by atoms with Gasteiger partial charge < -0.3 is 19.0 Å². The summed E-state index contributed by atoms with van der Waals surface area (Å²) in [5.41, 5.74) is 0. The van der Waals surface area contributed by atoms with Gasteiger partial charge in [0.05, 0.1) is 13.2 Å². The zero-order valence-corrected chi connectivity index (χ0v) is 8.49. The Bertz CT molecular complexity index is 125. The summed E-state index contributed by atoms with van der Waals surface area (Å²) in [4.78, 5) is 10.5. The highest BCUT2D eigenvalue weighted by Crippen LogP contribution is 2.03. The third-order valence-electron chi connectivity index (χ3n) is 1.57. The lowest BCUT2D eigenvalue weighted by Gasteiger charge is -2.14. The molecule has 13 heavy (non-hydrogen) atoms. The predicted octanol–water partition coefficient (Wildman–Crippen LogP) is 0.847. The van der Waals surface area contributed by atoms with E-state index in [-0.39, 0.29) is 18.8 Å². The number of ether oxygens (including phenoxy) is 3. The van der Waals surface area contributed by atoms with Crippen LogP contribution < -0.4 is 0 Å². The molecule has 0 aliphatic heterocycles. The minimum Gasteiger partial charge on any atom is -0.382 e. The monoisotopic (exact) mass is 190 g/mol. The van der Waals surface area contributed by atoms with Gasteiger partial charge in [0.15, 0.2) is 0 Å². The van der Waals surface area contributed by atoms with E-state index in [0.29, 0.717) is 13.2 Å². The molecule has 0 unspecified atom stereocenters. The smallest absolute Gasteiger partial charge is 0.149 e. The Morgan fingerprint density at radius 3 is 2.46 bits per heavy atom. The molecule has 0 aromatic rings. The molecule has 0 saturated heterocycles. The van der Waals surface area contributed by atoms with Crippen LogP contribution in [0.5, 0.6) is 0 Å². The lowest BCUT2D eigenvalue weighted by molar-refractivity contribution is -0.137. The molecule has 0 aliphatic rings.